The van der Waals surface area contributed by atoms with Crippen LogP contribution in [0.1, 0.15) is 28.9 Å². The number of aromatic amines is 1. The van der Waals surface area contributed by atoms with Gasteiger partial charge in [-0.2, -0.15) is 0 Å². The van der Waals surface area contributed by atoms with Gasteiger partial charge in [0.2, 0.25) is 5.91 Å². The molecule has 0 bridgehead atoms. The van der Waals surface area contributed by atoms with Crippen molar-refractivity contribution in [3.63, 3.8) is 0 Å². The zero-order valence-electron chi connectivity index (χ0n) is 15.2. The zero-order valence-corrected chi connectivity index (χ0v) is 15.2. The van der Waals surface area contributed by atoms with E-state index in [0.717, 1.165) is 29.3 Å². The van der Waals surface area contributed by atoms with Gasteiger partial charge in [0.25, 0.3) is 5.91 Å². The molecule has 0 aliphatic carbocycles. The van der Waals surface area contributed by atoms with Crippen molar-refractivity contribution in [3.05, 3.63) is 35.5 Å². The fourth-order valence-corrected chi connectivity index (χ4v) is 3.93. The van der Waals surface area contributed by atoms with E-state index in [-0.39, 0.29) is 17.7 Å². The van der Waals surface area contributed by atoms with Crippen LogP contribution in [0.15, 0.2) is 24.3 Å². The van der Waals surface area contributed by atoms with Gasteiger partial charge in [-0.15, -0.1) is 0 Å². The molecule has 1 N–H and O–H groups in total. The molecular formula is C20H25N3O3. The minimum absolute atomic E-state index is 0.0154. The van der Waals surface area contributed by atoms with Gasteiger partial charge in [-0.25, -0.2) is 0 Å². The summed E-state index contributed by atoms with van der Waals surface area (Å²) in [7, 11) is 0. The van der Waals surface area contributed by atoms with Gasteiger partial charge in [-0.05, 0) is 37.5 Å². The molecule has 4 rings (SSSR count). The molecular weight excluding hydrogens is 330 g/mol. The molecule has 6 nitrogen and oxygen atoms in total. The number of carbonyl (C=O) groups excluding carboxylic acids is 2. The highest BCUT2D eigenvalue weighted by Gasteiger charge is 2.32. The van der Waals surface area contributed by atoms with Crippen molar-refractivity contribution in [2.45, 2.75) is 19.8 Å². The lowest BCUT2D eigenvalue weighted by Crippen LogP contribution is -2.49. The number of piperidine rings is 1. The number of carbonyl (C=O) groups is 2. The molecule has 6 heteroatoms. The van der Waals surface area contributed by atoms with E-state index in [2.05, 4.69) is 4.98 Å². The molecule has 1 aromatic heterocycles. The number of amides is 2. The molecule has 2 fully saturated rings. The molecule has 2 amide bonds. The number of likely N-dealkylation sites (tertiary alicyclic amines) is 1. The molecule has 2 saturated heterocycles. The van der Waals surface area contributed by atoms with Gasteiger partial charge in [0.1, 0.15) is 5.69 Å². The number of nitrogens with one attached hydrogen (secondary N) is 1. The standard InChI is InChI=1S/C20H25N3O3/c1-14-4-5-15-12-18(21-17(15)11-14)20(25)23-6-2-3-16(13-23)19(24)22-7-9-26-10-8-22/h4-5,11-12,16,21H,2-3,6-10,13H2,1H3/t16-/m1/s1. The maximum absolute atomic E-state index is 12.9. The molecule has 138 valence electrons. The predicted molar refractivity (Wildman–Crippen MR) is 99.1 cm³/mol. The van der Waals surface area contributed by atoms with Crippen LogP contribution >= 0.6 is 0 Å². The van der Waals surface area contributed by atoms with E-state index in [1.807, 2.05) is 41.0 Å². The SMILES string of the molecule is Cc1ccc2cc(C(=O)N3CCC[C@@H](C(=O)N4CCOCC4)C3)[nH]c2c1. The summed E-state index contributed by atoms with van der Waals surface area (Å²) in [4.78, 5) is 32.7. The summed E-state index contributed by atoms with van der Waals surface area (Å²) in [5.74, 6) is 0.0498. The average molecular weight is 355 g/mol. The molecule has 0 saturated carbocycles. The number of ether oxygens (including phenoxy) is 1. The second kappa shape index (κ2) is 7.11. The van der Waals surface area contributed by atoms with Gasteiger partial charge in [-0.3, -0.25) is 9.59 Å². The molecule has 1 aromatic carbocycles. The Balaban J connectivity index is 1.47. The van der Waals surface area contributed by atoms with Crippen molar-refractivity contribution in [3.8, 4) is 0 Å². The van der Waals surface area contributed by atoms with E-state index in [1.165, 1.54) is 0 Å². The lowest BCUT2D eigenvalue weighted by Gasteiger charge is -2.36. The van der Waals surface area contributed by atoms with Crippen LogP contribution in [0, 0.1) is 12.8 Å². The first-order valence-electron chi connectivity index (χ1n) is 9.37. The van der Waals surface area contributed by atoms with Gasteiger partial charge in [-0.1, -0.05) is 12.1 Å². The summed E-state index contributed by atoms with van der Waals surface area (Å²) in [6.07, 6.45) is 1.72. The summed E-state index contributed by atoms with van der Waals surface area (Å²) in [5, 5.41) is 1.04. The van der Waals surface area contributed by atoms with Crippen LogP contribution in [-0.2, 0) is 9.53 Å². The van der Waals surface area contributed by atoms with Crippen molar-refractivity contribution in [1.29, 1.82) is 0 Å². The molecule has 2 aromatic rings. The first-order valence-corrected chi connectivity index (χ1v) is 9.37. The van der Waals surface area contributed by atoms with Gasteiger partial charge < -0.3 is 19.5 Å². The molecule has 26 heavy (non-hydrogen) atoms. The zero-order chi connectivity index (χ0) is 18.1. The number of nitrogens with zero attached hydrogens (tertiary/aromatic N) is 2. The van der Waals surface area contributed by atoms with Crippen LogP contribution in [0.3, 0.4) is 0 Å². The smallest absolute Gasteiger partial charge is 0.270 e. The quantitative estimate of drug-likeness (QED) is 0.898. The van der Waals surface area contributed by atoms with Crippen LogP contribution in [-0.4, -0.2) is 66.0 Å². The molecule has 0 unspecified atom stereocenters. The number of benzene rings is 1. The lowest BCUT2D eigenvalue weighted by atomic mass is 9.96. The summed E-state index contributed by atoms with van der Waals surface area (Å²) >= 11 is 0. The third-order valence-corrected chi connectivity index (χ3v) is 5.39. The second-order valence-corrected chi connectivity index (χ2v) is 7.30. The van der Waals surface area contributed by atoms with Crippen LogP contribution in [0.4, 0.5) is 0 Å². The van der Waals surface area contributed by atoms with Gasteiger partial charge >= 0.3 is 0 Å². The molecule has 3 heterocycles. The Kier molecular flexibility index (Phi) is 4.68. The fourth-order valence-electron chi connectivity index (χ4n) is 3.93. The first kappa shape index (κ1) is 17.1. The normalized spacial score (nSPS) is 21.2. The first-order chi connectivity index (χ1) is 12.6. The average Bonchev–Trinajstić information content (AvgIpc) is 3.10. The highest BCUT2D eigenvalue weighted by Crippen LogP contribution is 2.23. The van der Waals surface area contributed by atoms with Crippen LogP contribution in [0.25, 0.3) is 10.9 Å². The Morgan fingerprint density at radius 2 is 1.92 bits per heavy atom. The number of morpholine rings is 1. The number of rotatable bonds is 2. The van der Waals surface area contributed by atoms with E-state index in [1.54, 1.807) is 0 Å². The highest BCUT2D eigenvalue weighted by molar-refractivity contribution is 5.98. The summed E-state index contributed by atoms with van der Waals surface area (Å²) in [5.41, 5.74) is 2.74. The number of H-pyrrole nitrogens is 1. The van der Waals surface area contributed by atoms with Crippen LogP contribution in [0.5, 0.6) is 0 Å². The Labute approximate surface area is 153 Å². The topological polar surface area (TPSA) is 65.6 Å². The molecule has 0 radical (unpaired) electrons. The maximum Gasteiger partial charge on any atom is 0.270 e. The number of aromatic nitrogens is 1. The monoisotopic (exact) mass is 355 g/mol. The third kappa shape index (κ3) is 3.33. The maximum atomic E-state index is 12.9. The number of hydrogen-bond acceptors (Lipinski definition) is 3. The molecule has 2 aliphatic heterocycles. The highest BCUT2D eigenvalue weighted by atomic mass is 16.5. The second-order valence-electron chi connectivity index (χ2n) is 7.30. The fraction of sp³-hybridized carbons (Fsp3) is 0.500. The van der Waals surface area contributed by atoms with Gasteiger partial charge in [0.15, 0.2) is 0 Å². The minimum Gasteiger partial charge on any atom is -0.378 e. The van der Waals surface area contributed by atoms with Crippen LogP contribution in [0.2, 0.25) is 0 Å². The van der Waals surface area contributed by atoms with Crippen molar-refractivity contribution < 1.29 is 14.3 Å². The Hall–Kier alpha value is -2.34. The van der Waals surface area contributed by atoms with Gasteiger partial charge in [0, 0.05) is 37.1 Å². The van der Waals surface area contributed by atoms with Gasteiger partial charge in [0.05, 0.1) is 19.1 Å². The van der Waals surface area contributed by atoms with Crippen molar-refractivity contribution in [2.75, 3.05) is 39.4 Å². The van der Waals surface area contributed by atoms with E-state index in [4.69, 9.17) is 4.74 Å². The van der Waals surface area contributed by atoms with Crippen LogP contribution < -0.4 is 0 Å². The lowest BCUT2D eigenvalue weighted by molar-refractivity contribution is -0.141. The minimum atomic E-state index is -0.0996. The molecule has 2 aliphatic rings. The summed E-state index contributed by atoms with van der Waals surface area (Å²) in [6, 6.07) is 8.03. The van der Waals surface area contributed by atoms with E-state index < -0.39 is 0 Å². The van der Waals surface area contributed by atoms with Crippen molar-refractivity contribution >= 4 is 22.7 Å². The molecule has 1 atom stereocenters. The van der Waals surface area contributed by atoms with E-state index in [0.29, 0.717) is 45.1 Å². The Bertz CT molecular complexity index is 823. The van der Waals surface area contributed by atoms with Crippen molar-refractivity contribution in [1.82, 2.24) is 14.8 Å². The number of fused-ring (bicyclic) bond motifs is 1. The number of hydrogen-bond donors (Lipinski definition) is 1. The van der Waals surface area contributed by atoms with E-state index >= 15 is 0 Å². The Morgan fingerprint density at radius 1 is 1.12 bits per heavy atom. The largest absolute Gasteiger partial charge is 0.378 e. The third-order valence-electron chi connectivity index (χ3n) is 5.39. The Morgan fingerprint density at radius 3 is 2.73 bits per heavy atom. The summed E-state index contributed by atoms with van der Waals surface area (Å²) in [6.45, 7) is 5.78. The molecule has 0 spiro atoms. The van der Waals surface area contributed by atoms with Crippen molar-refractivity contribution in [2.24, 2.45) is 5.92 Å². The van der Waals surface area contributed by atoms with E-state index in [9.17, 15) is 9.59 Å². The summed E-state index contributed by atoms with van der Waals surface area (Å²) < 4.78 is 5.33. The predicted octanol–water partition coefficient (Wildman–Crippen LogP) is 2.19. The number of aryl methyl sites for hydroxylation is 1.